The summed E-state index contributed by atoms with van der Waals surface area (Å²) in [7, 11) is 0. The van der Waals surface area contributed by atoms with E-state index < -0.39 is 0 Å². The lowest BCUT2D eigenvalue weighted by Gasteiger charge is -2.25. The summed E-state index contributed by atoms with van der Waals surface area (Å²) >= 11 is 0. The maximum absolute atomic E-state index is 12.7. The van der Waals surface area contributed by atoms with E-state index in [0.29, 0.717) is 13.0 Å². The molecule has 1 saturated heterocycles. The maximum atomic E-state index is 12.7. The molecule has 1 aromatic carbocycles. The molecule has 0 N–H and O–H groups in total. The molecule has 1 aliphatic rings. The van der Waals surface area contributed by atoms with Crippen LogP contribution in [0.25, 0.3) is 0 Å². The largest absolute Gasteiger partial charge is 0.342 e. The van der Waals surface area contributed by atoms with E-state index in [1.165, 1.54) is 0 Å². The fraction of sp³-hybridized carbons (Fsp3) is 0.579. The molecule has 2 amide bonds. The first-order chi connectivity index (χ1) is 11.1. The van der Waals surface area contributed by atoms with E-state index in [0.717, 1.165) is 43.6 Å². The second-order valence-corrected chi connectivity index (χ2v) is 6.21. The Bertz CT molecular complexity index is 550. The first-order valence-corrected chi connectivity index (χ1v) is 8.79. The van der Waals surface area contributed by atoms with Crippen molar-refractivity contribution in [3.05, 3.63) is 29.8 Å². The Morgan fingerprint density at radius 1 is 1.17 bits per heavy atom. The molecular formula is C19H28N2O2. The minimum absolute atomic E-state index is 0.0668. The van der Waals surface area contributed by atoms with Gasteiger partial charge in [0, 0.05) is 31.7 Å². The lowest BCUT2D eigenvalue weighted by atomic mass is 10.1. The van der Waals surface area contributed by atoms with Gasteiger partial charge >= 0.3 is 0 Å². The van der Waals surface area contributed by atoms with Crippen LogP contribution in [-0.2, 0) is 16.0 Å². The van der Waals surface area contributed by atoms with Gasteiger partial charge in [-0.15, -0.1) is 0 Å². The van der Waals surface area contributed by atoms with Crippen LogP contribution < -0.4 is 4.90 Å². The number of para-hydroxylation sites is 1. The van der Waals surface area contributed by atoms with Crippen LogP contribution in [0.2, 0.25) is 0 Å². The Morgan fingerprint density at radius 3 is 2.43 bits per heavy atom. The molecule has 2 rings (SSSR count). The van der Waals surface area contributed by atoms with Crippen LogP contribution in [0.15, 0.2) is 24.3 Å². The molecule has 1 atom stereocenters. The number of aryl methyl sites for hydroxylation is 1. The second kappa shape index (κ2) is 8.14. The zero-order valence-corrected chi connectivity index (χ0v) is 14.5. The van der Waals surface area contributed by atoms with Crippen LogP contribution in [0.4, 0.5) is 5.69 Å². The number of nitrogens with zero attached hydrogens (tertiary/aromatic N) is 2. The van der Waals surface area contributed by atoms with Crippen molar-refractivity contribution in [2.24, 2.45) is 5.92 Å². The van der Waals surface area contributed by atoms with E-state index in [-0.39, 0.29) is 17.7 Å². The molecule has 1 aromatic rings. The monoisotopic (exact) mass is 316 g/mol. The van der Waals surface area contributed by atoms with Crippen molar-refractivity contribution in [2.45, 2.75) is 46.5 Å². The smallest absolute Gasteiger partial charge is 0.228 e. The number of carbonyl (C=O) groups is 2. The third-order valence-electron chi connectivity index (χ3n) is 4.44. The molecule has 4 heteroatoms. The van der Waals surface area contributed by atoms with Crippen LogP contribution in [0.1, 0.15) is 45.6 Å². The highest BCUT2D eigenvalue weighted by molar-refractivity contribution is 6.00. The van der Waals surface area contributed by atoms with E-state index in [2.05, 4.69) is 26.8 Å². The summed E-state index contributed by atoms with van der Waals surface area (Å²) in [5, 5.41) is 0. The molecule has 0 aliphatic carbocycles. The number of benzene rings is 1. The van der Waals surface area contributed by atoms with Crippen LogP contribution in [0.3, 0.4) is 0 Å². The number of rotatable bonds is 7. The summed E-state index contributed by atoms with van der Waals surface area (Å²) in [6.45, 7) is 8.33. The van der Waals surface area contributed by atoms with Crippen molar-refractivity contribution in [2.75, 3.05) is 24.5 Å². The van der Waals surface area contributed by atoms with Crippen molar-refractivity contribution in [3.63, 3.8) is 0 Å². The van der Waals surface area contributed by atoms with Crippen molar-refractivity contribution >= 4 is 17.5 Å². The lowest BCUT2D eigenvalue weighted by molar-refractivity contribution is -0.135. The first kappa shape index (κ1) is 17.5. The highest BCUT2D eigenvalue weighted by Crippen LogP contribution is 2.29. The zero-order chi connectivity index (χ0) is 16.8. The minimum Gasteiger partial charge on any atom is -0.342 e. The van der Waals surface area contributed by atoms with Gasteiger partial charge in [-0.1, -0.05) is 39.0 Å². The molecule has 0 spiro atoms. The fourth-order valence-electron chi connectivity index (χ4n) is 3.31. The topological polar surface area (TPSA) is 40.6 Å². The van der Waals surface area contributed by atoms with Gasteiger partial charge in [-0.2, -0.15) is 0 Å². The zero-order valence-electron chi connectivity index (χ0n) is 14.5. The summed E-state index contributed by atoms with van der Waals surface area (Å²) in [6, 6.07) is 7.99. The molecule has 23 heavy (non-hydrogen) atoms. The second-order valence-electron chi connectivity index (χ2n) is 6.21. The Balaban J connectivity index is 2.14. The third-order valence-corrected chi connectivity index (χ3v) is 4.44. The summed E-state index contributed by atoms with van der Waals surface area (Å²) in [4.78, 5) is 28.9. The van der Waals surface area contributed by atoms with Crippen molar-refractivity contribution < 1.29 is 9.59 Å². The average Bonchev–Trinajstić information content (AvgIpc) is 2.95. The van der Waals surface area contributed by atoms with Gasteiger partial charge in [0.25, 0.3) is 0 Å². The Morgan fingerprint density at radius 2 is 1.83 bits per heavy atom. The molecular weight excluding hydrogens is 288 g/mol. The van der Waals surface area contributed by atoms with Crippen LogP contribution in [0, 0.1) is 5.92 Å². The molecule has 0 saturated carbocycles. The molecule has 0 radical (unpaired) electrons. The Kier molecular flexibility index (Phi) is 6.20. The first-order valence-electron chi connectivity index (χ1n) is 8.79. The highest BCUT2D eigenvalue weighted by atomic mass is 16.2. The number of hydrogen-bond donors (Lipinski definition) is 0. The van der Waals surface area contributed by atoms with Crippen molar-refractivity contribution in [3.8, 4) is 0 Å². The van der Waals surface area contributed by atoms with Gasteiger partial charge in [0.2, 0.25) is 11.8 Å². The highest BCUT2D eigenvalue weighted by Gasteiger charge is 2.37. The number of anilines is 1. The number of amides is 2. The quantitative estimate of drug-likeness (QED) is 0.775. The summed E-state index contributed by atoms with van der Waals surface area (Å²) in [5.41, 5.74) is 2.13. The number of hydrogen-bond acceptors (Lipinski definition) is 2. The summed E-state index contributed by atoms with van der Waals surface area (Å²) < 4.78 is 0. The SMILES string of the molecule is CCCN(CCC)C(=O)C1CC(=O)N(c2ccccc2CC)C1. The molecule has 126 valence electrons. The lowest BCUT2D eigenvalue weighted by Crippen LogP contribution is -2.38. The molecule has 0 bridgehead atoms. The molecule has 1 unspecified atom stereocenters. The third kappa shape index (κ3) is 3.92. The molecule has 1 heterocycles. The average molecular weight is 316 g/mol. The Labute approximate surface area is 139 Å². The summed E-state index contributed by atoms with van der Waals surface area (Å²) in [6.07, 6.45) is 3.13. The molecule has 4 nitrogen and oxygen atoms in total. The maximum Gasteiger partial charge on any atom is 0.228 e. The van der Waals surface area contributed by atoms with E-state index >= 15 is 0 Å². The van der Waals surface area contributed by atoms with E-state index in [1.807, 2.05) is 23.1 Å². The predicted octanol–water partition coefficient (Wildman–Crippen LogP) is 3.25. The minimum atomic E-state index is -0.203. The number of carbonyl (C=O) groups excluding carboxylic acids is 2. The molecule has 1 aliphatic heterocycles. The van der Waals surface area contributed by atoms with Crippen molar-refractivity contribution in [1.29, 1.82) is 0 Å². The standard InChI is InChI=1S/C19H28N2O2/c1-4-11-20(12-5-2)19(23)16-13-18(22)21(14-16)17-10-8-7-9-15(17)6-3/h7-10,16H,4-6,11-14H2,1-3H3. The van der Waals surface area contributed by atoms with E-state index in [1.54, 1.807) is 4.90 Å². The van der Waals surface area contributed by atoms with Gasteiger partial charge in [0.05, 0.1) is 5.92 Å². The van der Waals surface area contributed by atoms with Gasteiger partial charge in [0.1, 0.15) is 0 Å². The van der Waals surface area contributed by atoms with E-state index in [9.17, 15) is 9.59 Å². The molecule has 1 fully saturated rings. The van der Waals surface area contributed by atoms with Crippen LogP contribution in [-0.4, -0.2) is 36.3 Å². The van der Waals surface area contributed by atoms with Gasteiger partial charge in [-0.25, -0.2) is 0 Å². The predicted molar refractivity (Wildman–Crippen MR) is 93.4 cm³/mol. The van der Waals surface area contributed by atoms with E-state index in [4.69, 9.17) is 0 Å². The van der Waals surface area contributed by atoms with Crippen molar-refractivity contribution in [1.82, 2.24) is 4.90 Å². The van der Waals surface area contributed by atoms with Crippen LogP contribution in [0.5, 0.6) is 0 Å². The fourth-order valence-corrected chi connectivity index (χ4v) is 3.31. The van der Waals surface area contributed by atoms with Gasteiger partial charge < -0.3 is 9.80 Å². The Hall–Kier alpha value is -1.84. The normalized spacial score (nSPS) is 17.6. The van der Waals surface area contributed by atoms with Gasteiger partial charge in [-0.05, 0) is 30.9 Å². The summed E-state index contributed by atoms with van der Waals surface area (Å²) in [5.74, 6) is 0.00115. The van der Waals surface area contributed by atoms with Gasteiger partial charge in [0.15, 0.2) is 0 Å². The molecule has 0 aromatic heterocycles. The van der Waals surface area contributed by atoms with Crippen LogP contribution >= 0.6 is 0 Å². The van der Waals surface area contributed by atoms with Gasteiger partial charge in [-0.3, -0.25) is 9.59 Å².